The van der Waals surface area contributed by atoms with Crippen molar-refractivity contribution in [3.8, 4) is 0 Å². The van der Waals surface area contributed by atoms with Crippen molar-refractivity contribution in [3.63, 3.8) is 0 Å². The maximum absolute atomic E-state index is 9.52. The molecule has 0 aromatic heterocycles. The molecule has 1 N–H and O–H groups in total. The van der Waals surface area contributed by atoms with E-state index in [4.69, 9.17) is 11.6 Å². The van der Waals surface area contributed by atoms with Crippen LogP contribution in [0.5, 0.6) is 0 Å². The van der Waals surface area contributed by atoms with Gasteiger partial charge < -0.3 is 10.0 Å². The van der Waals surface area contributed by atoms with Gasteiger partial charge in [0.15, 0.2) is 0 Å². The van der Waals surface area contributed by atoms with Crippen LogP contribution in [0.25, 0.3) is 0 Å². The van der Waals surface area contributed by atoms with Crippen molar-refractivity contribution in [2.45, 2.75) is 19.1 Å². The topological polar surface area (TPSA) is 23.5 Å². The van der Waals surface area contributed by atoms with Crippen LogP contribution in [-0.2, 0) is 13.0 Å². The first kappa shape index (κ1) is 12.5. The number of nitrogens with zero attached hydrogens (tertiary/aromatic N) is 1. The van der Waals surface area contributed by atoms with Crippen LogP contribution in [0.4, 0.5) is 0 Å². The summed E-state index contributed by atoms with van der Waals surface area (Å²) in [6.07, 6.45) is 0.183. The lowest BCUT2D eigenvalue weighted by molar-refractivity contribution is 0.198. The Morgan fingerprint density at radius 3 is 2.40 bits per heavy atom. The third-order valence-electron chi connectivity index (χ3n) is 2.24. The van der Waals surface area contributed by atoms with Gasteiger partial charge >= 0.3 is 0 Å². The van der Waals surface area contributed by atoms with E-state index in [0.717, 1.165) is 6.54 Å². The van der Waals surface area contributed by atoms with E-state index in [0.29, 0.717) is 6.42 Å². The van der Waals surface area contributed by atoms with Crippen LogP contribution in [0.3, 0.4) is 0 Å². The van der Waals surface area contributed by atoms with E-state index in [-0.39, 0.29) is 5.88 Å². The Kier molecular flexibility index (Phi) is 5.09. The van der Waals surface area contributed by atoms with Crippen LogP contribution in [0.1, 0.15) is 11.1 Å². The lowest BCUT2D eigenvalue weighted by Crippen LogP contribution is -2.16. The summed E-state index contributed by atoms with van der Waals surface area (Å²) >= 11 is 5.60. The van der Waals surface area contributed by atoms with E-state index in [9.17, 15) is 5.11 Å². The molecular weight excluding hydrogens is 210 g/mol. The van der Waals surface area contributed by atoms with Gasteiger partial charge in [0.05, 0.1) is 6.10 Å². The number of alkyl halides is 1. The van der Waals surface area contributed by atoms with E-state index < -0.39 is 6.10 Å². The standard InChI is InChI=1S/C12H18ClNO/c1-14(2)9-11-6-4-3-5-10(11)7-12(15)8-13/h3-6,12,15H,7-9H2,1-2H3. The van der Waals surface area contributed by atoms with Gasteiger partial charge in [-0.05, 0) is 31.6 Å². The Hall–Kier alpha value is -0.570. The van der Waals surface area contributed by atoms with Crippen molar-refractivity contribution in [2.24, 2.45) is 0 Å². The minimum absolute atomic E-state index is 0.288. The molecule has 0 fully saturated rings. The Balaban J connectivity index is 2.76. The highest BCUT2D eigenvalue weighted by atomic mass is 35.5. The van der Waals surface area contributed by atoms with E-state index >= 15 is 0 Å². The Labute approximate surface area is 96.5 Å². The zero-order chi connectivity index (χ0) is 11.3. The molecule has 1 aromatic rings. The third kappa shape index (κ3) is 4.20. The molecule has 15 heavy (non-hydrogen) atoms. The van der Waals surface area contributed by atoms with Crippen molar-refractivity contribution in [2.75, 3.05) is 20.0 Å². The average molecular weight is 228 g/mol. The summed E-state index contributed by atoms with van der Waals surface area (Å²) in [6.45, 7) is 0.894. The number of rotatable bonds is 5. The van der Waals surface area contributed by atoms with Crippen molar-refractivity contribution in [1.29, 1.82) is 0 Å². The van der Waals surface area contributed by atoms with Gasteiger partial charge in [-0.2, -0.15) is 0 Å². The van der Waals surface area contributed by atoms with Gasteiger partial charge in [0.2, 0.25) is 0 Å². The normalized spacial score (nSPS) is 13.1. The van der Waals surface area contributed by atoms with Crippen LogP contribution in [0, 0.1) is 0 Å². The molecule has 2 nitrogen and oxygen atoms in total. The average Bonchev–Trinajstić information content (AvgIpc) is 2.20. The molecular formula is C12H18ClNO. The van der Waals surface area contributed by atoms with Crippen molar-refractivity contribution >= 4 is 11.6 Å². The summed E-state index contributed by atoms with van der Waals surface area (Å²) in [5.41, 5.74) is 2.44. The smallest absolute Gasteiger partial charge is 0.0715 e. The van der Waals surface area contributed by atoms with Crippen molar-refractivity contribution < 1.29 is 5.11 Å². The van der Waals surface area contributed by atoms with Gasteiger partial charge in [-0.25, -0.2) is 0 Å². The first-order valence-electron chi connectivity index (χ1n) is 5.09. The van der Waals surface area contributed by atoms with Gasteiger partial charge in [-0.15, -0.1) is 11.6 Å². The molecule has 1 aromatic carbocycles. The van der Waals surface area contributed by atoms with E-state index in [1.165, 1.54) is 11.1 Å². The second-order valence-corrected chi connectivity index (χ2v) is 4.33. The zero-order valence-electron chi connectivity index (χ0n) is 9.28. The minimum atomic E-state index is -0.449. The monoisotopic (exact) mass is 227 g/mol. The first-order chi connectivity index (χ1) is 7.13. The van der Waals surface area contributed by atoms with Gasteiger partial charge in [-0.1, -0.05) is 24.3 Å². The highest BCUT2D eigenvalue weighted by Gasteiger charge is 2.08. The zero-order valence-corrected chi connectivity index (χ0v) is 10.0. The van der Waals surface area contributed by atoms with Gasteiger partial charge in [0, 0.05) is 12.4 Å². The van der Waals surface area contributed by atoms with Crippen molar-refractivity contribution in [3.05, 3.63) is 35.4 Å². The second kappa shape index (κ2) is 6.11. The molecule has 0 saturated carbocycles. The number of hydrogen-bond acceptors (Lipinski definition) is 2. The number of halogens is 1. The fraction of sp³-hybridized carbons (Fsp3) is 0.500. The SMILES string of the molecule is CN(C)Cc1ccccc1CC(O)CCl. The van der Waals surface area contributed by atoms with Crippen LogP contribution in [0.2, 0.25) is 0 Å². The molecule has 0 saturated heterocycles. The summed E-state index contributed by atoms with van der Waals surface area (Å²) in [4.78, 5) is 2.12. The maximum Gasteiger partial charge on any atom is 0.0715 e. The molecule has 0 spiro atoms. The highest BCUT2D eigenvalue weighted by molar-refractivity contribution is 6.18. The fourth-order valence-corrected chi connectivity index (χ4v) is 1.67. The molecule has 3 heteroatoms. The highest BCUT2D eigenvalue weighted by Crippen LogP contribution is 2.13. The quantitative estimate of drug-likeness (QED) is 0.777. The lowest BCUT2D eigenvalue weighted by atomic mass is 10.0. The molecule has 0 aliphatic carbocycles. The van der Waals surface area contributed by atoms with Gasteiger partial charge in [0.25, 0.3) is 0 Å². The maximum atomic E-state index is 9.52. The predicted molar refractivity (Wildman–Crippen MR) is 64.3 cm³/mol. The number of benzene rings is 1. The van der Waals surface area contributed by atoms with Gasteiger partial charge in [-0.3, -0.25) is 0 Å². The number of hydrogen-bond donors (Lipinski definition) is 1. The molecule has 0 amide bonds. The number of aliphatic hydroxyl groups excluding tert-OH is 1. The van der Waals surface area contributed by atoms with E-state index in [2.05, 4.69) is 17.0 Å². The summed E-state index contributed by atoms with van der Waals surface area (Å²) < 4.78 is 0. The molecule has 84 valence electrons. The Morgan fingerprint density at radius 2 is 1.87 bits per heavy atom. The molecule has 1 atom stereocenters. The van der Waals surface area contributed by atoms with E-state index in [1.807, 2.05) is 26.2 Å². The fourth-order valence-electron chi connectivity index (χ4n) is 1.56. The van der Waals surface area contributed by atoms with Gasteiger partial charge in [0.1, 0.15) is 0 Å². The summed E-state index contributed by atoms with van der Waals surface area (Å²) in [7, 11) is 4.07. The third-order valence-corrected chi connectivity index (χ3v) is 2.59. The molecule has 0 radical (unpaired) electrons. The second-order valence-electron chi connectivity index (χ2n) is 4.02. The molecule has 1 rings (SSSR count). The summed E-state index contributed by atoms with van der Waals surface area (Å²) in [6, 6.07) is 8.16. The molecule has 0 aliphatic heterocycles. The Bertz CT molecular complexity index is 301. The summed E-state index contributed by atoms with van der Waals surface area (Å²) in [5.74, 6) is 0.288. The van der Waals surface area contributed by atoms with Crippen LogP contribution >= 0.6 is 11.6 Å². The minimum Gasteiger partial charge on any atom is -0.392 e. The van der Waals surface area contributed by atoms with Crippen LogP contribution < -0.4 is 0 Å². The first-order valence-corrected chi connectivity index (χ1v) is 5.62. The number of aliphatic hydroxyl groups is 1. The summed E-state index contributed by atoms with van der Waals surface area (Å²) in [5, 5.41) is 9.52. The van der Waals surface area contributed by atoms with Crippen molar-refractivity contribution in [1.82, 2.24) is 4.90 Å². The molecule has 0 heterocycles. The Morgan fingerprint density at radius 1 is 1.27 bits per heavy atom. The molecule has 1 unspecified atom stereocenters. The lowest BCUT2D eigenvalue weighted by Gasteiger charge is -2.15. The largest absolute Gasteiger partial charge is 0.392 e. The van der Waals surface area contributed by atoms with Crippen LogP contribution in [-0.4, -0.2) is 36.1 Å². The molecule has 0 aliphatic rings. The van der Waals surface area contributed by atoms with E-state index in [1.54, 1.807) is 0 Å². The van der Waals surface area contributed by atoms with Crippen LogP contribution in [0.15, 0.2) is 24.3 Å². The predicted octanol–water partition coefficient (Wildman–Crippen LogP) is 1.89. The molecule has 0 bridgehead atoms.